The molecule has 0 bridgehead atoms. The molecule has 1 heterocycles. The second kappa shape index (κ2) is 7.25. The van der Waals surface area contributed by atoms with Crippen molar-refractivity contribution < 1.29 is 8.42 Å². The molecule has 1 saturated carbocycles. The zero-order valence-corrected chi connectivity index (χ0v) is 13.4. The number of halogens is 1. The maximum Gasteiger partial charge on any atom is 0.214 e. The SMILES string of the molecule is CC(N)C1CCN(S(=O)(=O)CC2CCCC2)CC1.Cl. The van der Waals surface area contributed by atoms with E-state index in [2.05, 4.69) is 0 Å². The van der Waals surface area contributed by atoms with E-state index in [-0.39, 0.29) is 18.4 Å². The zero-order valence-electron chi connectivity index (χ0n) is 11.8. The van der Waals surface area contributed by atoms with Crippen LogP contribution in [0.4, 0.5) is 0 Å². The minimum atomic E-state index is -3.02. The van der Waals surface area contributed by atoms with E-state index >= 15 is 0 Å². The Morgan fingerprint density at radius 3 is 2.16 bits per heavy atom. The van der Waals surface area contributed by atoms with Gasteiger partial charge in [0.25, 0.3) is 0 Å². The highest BCUT2D eigenvalue weighted by Crippen LogP contribution is 2.28. The van der Waals surface area contributed by atoms with E-state index in [4.69, 9.17) is 5.73 Å². The third-order valence-electron chi connectivity index (χ3n) is 4.56. The lowest BCUT2D eigenvalue weighted by Gasteiger charge is -2.33. The molecule has 0 aromatic rings. The third kappa shape index (κ3) is 4.59. The summed E-state index contributed by atoms with van der Waals surface area (Å²) < 4.78 is 26.3. The molecule has 1 saturated heterocycles. The fourth-order valence-electron chi connectivity index (χ4n) is 3.26. The summed E-state index contributed by atoms with van der Waals surface area (Å²) in [4.78, 5) is 0. The standard InChI is InChI=1S/C13H26N2O2S.ClH/c1-11(14)13-6-8-15(9-7-13)18(16,17)10-12-4-2-3-5-12;/h11-13H,2-10,14H2,1H3;1H. The first kappa shape index (κ1) is 17.2. The van der Waals surface area contributed by atoms with Gasteiger partial charge in [-0.3, -0.25) is 0 Å². The van der Waals surface area contributed by atoms with Crippen LogP contribution in [0.15, 0.2) is 0 Å². The number of hydrogen-bond acceptors (Lipinski definition) is 3. The van der Waals surface area contributed by atoms with Crippen LogP contribution in [0.25, 0.3) is 0 Å². The smallest absolute Gasteiger partial charge is 0.214 e. The molecule has 19 heavy (non-hydrogen) atoms. The third-order valence-corrected chi connectivity index (χ3v) is 6.60. The molecule has 0 spiro atoms. The van der Waals surface area contributed by atoms with Crippen molar-refractivity contribution in [1.29, 1.82) is 0 Å². The largest absolute Gasteiger partial charge is 0.328 e. The summed E-state index contributed by atoms with van der Waals surface area (Å²) in [6.45, 7) is 3.36. The summed E-state index contributed by atoms with van der Waals surface area (Å²) in [7, 11) is -3.02. The molecule has 4 nitrogen and oxygen atoms in total. The van der Waals surface area contributed by atoms with Gasteiger partial charge in [0.2, 0.25) is 10.0 Å². The molecule has 2 aliphatic rings. The summed E-state index contributed by atoms with van der Waals surface area (Å²) in [5, 5.41) is 0. The lowest BCUT2D eigenvalue weighted by atomic mass is 9.92. The summed E-state index contributed by atoms with van der Waals surface area (Å²) in [6.07, 6.45) is 6.42. The first-order chi connectivity index (χ1) is 8.49. The van der Waals surface area contributed by atoms with Crippen molar-refractivity contribution in [3.63, 3.8) is 0 Å². The first-order valence-corrected chi connectivity index (χ1v) is 8.83. The average molecular weight is 311 g/mol. The number of hydrogen-bond donors (Lipinski definition) is 1. The maximum absolute atomic E-state index is 12.3. The Kier molecular flexibility index (Phi) is 6.57. The second-order valence-electron chi connectivity index (χ2n) is 6.02. The van der Waals surface area contributed by atoms with Crippen LogP contribution >= 0.6 is 12.4 Å². The monoisotopic (exact) mass is 310 g/mol. The molecule has 2 rings (SSSR count). The van der Waals surface area contributed by atoms with Gasteiger partial charge < -0.3 is 5.73 Å². The van der Waals surface area contributed by atoms with Gasteiger partial charge in [-0.25, -0.2) is 12.7 Å². The van der Waals surface area contributed by atoms with Gasteiger partial charge in [-0.2, -0.15) is 0 Å². The normalized spacial score (nSPS) is 25.2. The number of nitrogens with zero attached hydrogens (tertiary/aromatic N) is 1. The Bertz CT molecular complexity index is 359. The Balaban J connectivity index is 0.00000180. The van der Waals surface area contributed by atoms with Crippen LogP contribution in [-0.4, -0.2) is 37.6 Å². The molecule has 0 radical (unpaired) electrons. The highest BCUT2D eigenvalue weighted by atomic mass is 35.5. The molecule has 0 amide bonds. The van der Waals surface area contributed by atoms with E-state index in [1.54, 1.807) is 4.31 Å². The molecule has 2 N–H and O–H groups in total. The lowest BCUT2D eigenvalue weighted by Crippen LogP contribution is -2.44. The van der Waals surface area contributed by atoms with Gasteiger partial charge in [0, 0.05) is 19.1 Å². The summed E-state index contributed by atoms with van der Waals surface area (Å²) in [5.41, 5.74) is 5.89. The average Bonchev–Trinajstić information content (AvgIpc) is 2.81. The van der Waals surface area contributed by atoms with Gasteiger partial charge in [0.1, 0.15) is 0 Å². The number of nitrogens with two attached hydrogens (primary N) is 1. The Hall–Kier alpha value is 0.160. The van der Waals surface area contributed by atoms with Gasteiger partial charge >= 0.3 is 0 Å². The second-order valence-corrected chi connectivity index (χ2v) is 8.04. The molecule has 2 fully saturated rings. The van der Waals surface area contributed by atoms with Crippen LogP contribution in [0.5, 0.6) is 0 Å². The van der Waals surface area contributed by atoms with E-state index < -0.39 is 10.0 Å². The van der Waals surface area contributed by atoms with Crippen molar-refractivity contribution in [2.75, 3.05) is 18.8 Å². The van der Waals surface area contributed by atoms with Crippen LogP contribution in [0, 0.1) is 11.8 Å². The number of rotatable bonds is 4. The molecule has 1 atom stereocenters. The van der Waals surface area contributed by atoms with Gasteiger partial charge in [0.05, 0.1) is 5.75 Å². The van der Waals surface area contributed by atoms with Crippen LogP contribution in [0.3, 0.4) is 0 Å². The highest BCUT2D eigenvalue weighted by Gasteiger charge is 2.31. The van der Waals surface area contributed by atoms with E-state index in [9.17, 15) is 8.42 Å². The lowest BCUT2D eigenvalue weighted by molar-refractivity contribution is 0.250. The Morgan fingerprint density at radius 2 is 1.68 bits per heavy atom. The topological polar surface area (TPSA) is 63.4 Å². The molecule has 1 unspecified atom stereocenters. The molecule has 1 aliphatic heterocycles. The summed E-state index contributed by atoms with van der Waals surface area (Å²) in [5.74, 6) is 1.26. The summed E-state index contributed by atoms with van der Waals surface area (Å²) >= 11 is 0. The fraction of sp³-hybridized carbons (Fsp3) is 1.00. The van der Waals surface area contributed by atoms with Gasteiger partial charge in [-0.1, -0.05) is 12.8 Å². The maximum atomic E-state index is 12.3. The molecular weight excluding hydrogens is 284 g/mol. The molecular formula is C13H27ClN2O2S. The predicted molar refractivity (Wildman–Crippen MR) is 80.9 cm³/mol. The molecule has 0 aromatic heterocycles. The van der Waals surface area contributed by atoms with E-state index in [1.807, 2.05) is 6.92 Å². The van der Waals surface area contributed by atoms with Gasteiger partial charge in [-0.15, -0.1) is 12.4 Å². The highest BCUT2D eigenvalue weighted by molar-refractivity contribution is 7.89. The number of piperidine rings is 1. The van der Waals surface area contributed by atoms with E-state index in [0.717, 1.165) is 25.7 Å². The van der Waals surface area contributed by atoms with E-state index in [0.29, 0.717) is 30.7 Å². The fourth-order valence-corrected chi connectivity index (χ4v) is 5.17. The van der Waals surface area contributed by atoms with E-state index in [1.165, 1.54) is 12.8 Å². The van der Waals surface area contributed by atoms with Crippen molar-refractivity contribution in [3.8, 4) is 0 Å². The first-order valence-electron chi connectivity index (χ1n) is 7.22. The summed E-state index contributed by atoms with van der Waals surface area (Å²) in [6, 6.07) is 0.185. The van der Waals surface area contributed by atoms with Crippen molar-refractivity contribution in [2.24, 2.45) is 17.6 Å². The van der Waals surface area contributed by atoms with Crippen molar-refractivity contribution in [2.45, 2.75) is 51.5 Å². The minimum absolute atomic E-state index is 0. The van der Waals surface area contributed by atoms with Crippen LogP contribution in [0.1, 0.15) is 45.4 Å². The van der Waals surface area contributed by atoms with Gasteiger partial charge in [-0.05, 0) is 44.4 Å². The molecule has 114 valence electrons. The quantitative estimate of drug-likeness (QED) is 0.863. The van der Waals surface area contributed by atoms with Crippen LogP contribution < -0.4 is 5.73 Å². The minimum Gasteiger partial charge on any atom is -0.328 e. The van der Waals surface area contributed by atoms with Gasteiger partial charge in [0.15, 0.2) is 0 Å². The van der Waals surface area contributed by atoms with Crippen LogP contribution in [-0.2, 0) is 10.0 Å². The molecule has 0 aromatic carbocycles. The van der Waals surface area contributed by atoms with Crippen molar-refractivity contribution >= 4 is 22.4 Å². The predicted octanol–water partition coefficient (Wildman–Crippen LogP) is 1.99. The molecule has 6 heteroatoms. The van der Waals surface area contributed by atoms with Crippen molar-refractivity contribution in [3.05, 3.63) is 0 Å². The van der Waals surface area contributed by atoms with Crippen molar-refractivity contribution in [1.82, 2.24) is 4.31 Å². The Labute approximate surface area is 123 Å². The van der Waals surface area contributed by atoms with Crippen LogP contribution in [0.2, 0.25) is 0 Å². The zero-order chi connectivity index (χ0) is 13.2. The number of sulfonamides is 1. The molecule has 1 aliphatic carbocycles. The Morgan fingerprint density at radius 1 is 1.16 bits per heavy atom.